The smallest absolute Gasteiger partial charge is 0.364 e. The van der Waals surface area contributed by atoms with Crippen molar-refractivity contribution in [2.75, 3.05) is 6.61 Å². The molecule has 0 spiro atoms. The van der Waals surface area contributed by atoms with Crippen LogP contribution < -0.4 is 0 Å². The van der Waals surface area contributed by atoms with Gasteiger partial charge in [0.25, 0.3) is 0 Å². The highest BCUT2D eigenvalue weighted by atomic mass is 127. The van der Waals surface area contributed by atoms with E-state index in [9.17, 15) is 30.9 Å². The van der Waals surface area contributed by atoms with Crippen molar-refractivity contribution < 1.29 is 35.7 Å². The zero-order chi connectivity index (χ0) is 18.0. The normalized spacial score (nSPS) is 13.7. The molecule has 0 saturated carbocycles. The number of esters is 1. The van der Waals surface area contributed by atoms with Gasteiger partial charge in [-0.15, -0.1) is 0 Å². The number of ether oxygens (including phenoxy) is 1. The molecular formula is C11H7F3I3O5S-. The Morgan fingerprint density at radius 1 is 1.26 bits per heavy atom. The van der Waals surface area contributed by atoms with E-state index in [0.717, 1.165) is 3.57 Å². The molecule has 12 heteroatoms. The first kappa shape index (κ1) is 21.6. The average molecular weight is 689 g/mol. The van der Waals surface area contributed by atoms with Crippen molar-refractivity contribution in [1.29, 1.82) is 0 Å². The molecule has 1 aromatic rings. The van der Waals surface area contributed by atoms with E-state index < -0.39 is 40.5 Å². The van der Waals surface area contributed by atoms with Crippen molar-refractivity contribution >= 4 is 83.9 Å². The first-order valence-electron chi connectivity index (χ1n) is 5.67. The minimum absolute atomic E-state index is 0.199. The molecule has 0 aliphatic rings. The van der Waals surface area contributed by atoms with Gasteiger partial charge in [-0.05, 0) is 79.9 Å². The molecule has 0 radical (unpaired) electrons. The first-order valence-corrected chi connectivity index (χ1v) is 10.3. The van der Waals surface area contributed by atoms with Crippen LogP contribution in [-0.2, 0) is 14.9 Å². The lowest BCUT2D eigenvalue weighted by Crippen LogP contribution is -2.39. The van der Waals surface area contributed by atoms with Gasteiger partial charge in [0, 0.05) is 17.1 Å². The van der Waals surface area contributed by atoms with Gasteiger partial charge in [0.05, 0.1) is 12.2 Å². The van der Waals surface area contributed by atoms with E-state index in [1.807, 2.05) is 67.8 Å². The summed E-state index contributed by atoms with van der Waals surface area (Å²) in [5, 5.41) is -5.06. The summed E-state index contributed by atoms with van der Waals surface area (Å²) >= 11 is 5.82. The summed E-state index contributed by atoms with van der Waals surface area (Å²) in [6, 6.07) is 3.38. The van der Waals surface area contributed by atoms with E-state index in [0.29, 0.717) is 7.14 Å². The van der Waals surface area contributed by atoms with Crippen LogP contribution in [0.4, 0.5) is 13.2 Å². The average Bonchev–Trinajstić information content (AvgIpc) is 2.35. The number of hydrogen-bond acceptors (Lipinski definition) is 5. The van der Waals surface area contributed by atoms with Gasteiger partial charge in [0.15, 0.2) is 16.3 Å². The highest BCUT2D eigenvalue weighted by molar-refractivity contribution is 14.1. The molecule has 5 nitrogen and oxygen atoms in total. The summed E-state index contributed by atoms with van der Waals surface area (Å²) in [7, 11) is -6.12. The van der Waals surface area contributed by atoms with Gasteiger partial charge in [-0.3, -0.25) is 0 Å². The Morgan fingerprint density at radius 3 is 2.17 bits per heavy atom. The minimum atomic E-state index is -6.12. The molecule has 0 aliphatic carbocycles. The quantitative estimate of drug-likeness (QED) is 0.260. The van der Waals surface area contributed by atoms with Gasteiger partial charge >= 0.3 is 11.2 Å². The molecular weight excluding hydrogens is 682 g/mol. The number of benzene rings is 1. The summed E-state index contributed by atoms with van der Waals surface area (Å²) in [4.78, 5) is 11.9. The van der Waals surface area contributed by atoms with Crippen LogP contribution in [0.15, 0.2) is 12.1 Å². The molecule has 1 atom stereocenters. The number of hydrogen-bond donors (Lipinski definition) is 0. The van der Waals surface area contributed by atoms with Crippen molar-refractivity contribution in [3.63, 3.8) is 0 Å². The van der Waals surface area contributed by atoms with Crippen LogP contribution in [0.5, 0.6) is 0 Å². The zero-order valence-corrected chi connectivity index (χ0v) is 18.2. The summed E-state index contributed by atoms with van der Waals surface area (Å²) in [6.45, 7) is -0.788. The zero-order valence-electron chi connectivity index (χ0n) is 10.9. The Bertz CT molecular complexity index is 688. The van der Waals surface area contributed by atoms with E-state index in [2.05, 4.69) is 4.74 Å². The molecule has 0 saturated heterocycles. The van der Waals surface area contributed by atoms with Gasteiger partial charge in [-0.2, -0.15) is 8.78 Å². The Labute approximate surface area is 170 Å². The van der Waals surface area contributed by atoms with Crippen molar-refractivity contribution in [3.8, 4) is 0 Å². The molecule has 0 aromatic heterocycles. The highest BCUT2D eigenvalue weighted by Gasteiger charge is 2.47. The summed E-state index contributed by atoms with van der Waals surface area (Å²) in [5.74, 6) is -0.851. The van der Waals surface area contributed by atoms with Crippen LogP contribution in [0.25, 0.3) is 0 Å². The lowest BCUT2D eigenvalue weighted by Gasteiger charge is -2.23. The van der Waals surface area contributed by atoms with E-state index >= 15 is 0 Å². The summed E-state index contributed by atoms with van der Waals surface area (Å²) in [6.07, 6.45) is -4.37. The van der Waals surface area contributed by atoms with Gasteiger partial charge in [0.2, 0.25) is 0 Å². The third-order valence-electron chi connectivity index (χ3n) is 2.51. The number of carbonyl (C=O) groups excluding carboxylic acids is 1. The Morgan fingerprint density at radius 2 is 1.74 bits per heavy atom. The molecule has 23 heavy (non-hydrogen) atoms. The molecule has 0 heterocycles. The van der Waals surface area contributed by atoms with E-state index in [1.165, 1.54) is 0 Å². The van der Waals surface area contributed by atoms with Crippen LogP contribution in [0.3, 0.4) is 0 Å². The van der Waals surface area contributed by atoms with Crippen LogP contribution in [-0.4, -0.2) is 37.0 Å². The molecule has 130 valence electrons. The second-order valence-electron chi connectivity index (χ2n) is 4.15. The molecule has 0 bridgehead atoms. The molecule has 0 N–H and O–H groups in total. The van der Waals surface area contributed by atoms with Gasteiger partial charge < -0.3 is 9.29 Å². The van der Waals surface area contributed by atoms with E-state index in [1.54, 1.807) is 12.1 Å². The maximum absolute atomic E-state index is 13.2. The molecule has 0 fully saturated rings. The monoisotopic (exact) mass is 689 g/mol. The minimum Gasteiger partial charge on any atom is -0.743 e. The predicted molar refractivity (Wildman–Crippen MR) is 99.0 cm³/mol. The molecule has 1 aromatic carbocycles. The Kier molecular flexibility index (Phi) is 7.81. The summed E-state index contributed by atoms with van der Waals surface area (Å²) in [5.41, 5.74) is 0.199. The lowest BCUT2D eigenvalue weighted by atomic mass is 10.2. The Hall–Kier alpha value is 0.580. The number of rotatable bonds is 6. The molecule has 1 unspecified atom stereocenters. The fraction of sp³-hybridized carbons (Fsp3) is 0.364. The van der Waals surface area contributed by atoms with Crippen molar-refractivity contribution in [2.45, 2.75) is 17.8 Å². The van der Waals surface area contributed by atoms with Crippen molar-refractivity contribution in [2.24, 2.45) is 0 Å². The van der Waals surface area contributed by atoms with Crippen LogP contribution in [0, 0.1) is 10.7 Å². The van der Waals surface area contributed by atoms with Crippen molar-refractivity contribution in [3.05, 3.63) is 28.4 Å². The fourth-order valence-electron chi connectivity index (χ4n) is 1.39. The number of halogens is 6. The van der Waals surface area contributed by atoms with Gasteiger partial charge in [-0.1, -0.05) is 0 Å². The van der Waals surface area contributed by atoms with Gasteiger partial charge in [0.1, 0.15) is 0 Å². The SMILES string of the molecule is O=C(OCCC(F)C(F)(F)S(=O)(=O)[O-])c1c(I)cc(I)cc1I. The summed E-state index contributed by atoms with van der Waals surface area (Å²) < 4.78 is 76.6. The topological polar surface area (TPSA) is 83.5 Å². The van der Waals surface area contributed by atoms with E-state index in [-0.39, 0.29) is 5.56 Å². The van der Waals surface area contributed by atoms with Crippen molar-refractivity contribution in [1.82, 2.24) is 0 Å². The molecule has 0 amide bonds. The van der Waals surface area contributed by atoms with Gasteiger partial charge in [-0.25, -0.2) is 17.6 Å². The maximum Gasteiger partial charge on any atom is 0.364 e. The number of alkyl halides is 3. The predicted octanol–water partition coefficient (Wildman–Crippen LogP) is 3.52. The largest absolute Gasteiger partial charge is 0.743 e. The first-order chi connectivity index (χ1) is 10.4. The third-order valence-corrected chi connectivity index (χ3v) is 5.76. The molecule has 0 aliphatic heterocycles. The highest BCUT2D eigenvalue weighted by Crippen LogP contribution is 2.29. The second kappa shape index (κ2) is 8.31. The molecule has 1 rings (SSSR count). The van der Waals surface area contributed by atoms with E-state index in [4.69, 9.17) is 0 Å². The Balaban J connectivity index is 2.72. The van der Waals surface area contributed by atoms with Crippen LogP contribution in [0.2, 0.25) is 0 Å². The standard InChI is InChI=1S/C11H8F3I3O5S/c12-8(11(13,14)23(19,20)21)1-2-22-10(18)9-6(16)3-5(15)4-7(9)17/h3-4,8H,1-2H2,(H,19,20,21)/p-1. The number of carbonyl (C=O) groups is 1. The fourth-order valence-corrected chi connectivity index (χ4v) is 5.84. The maximum atomic E-state index is 13.2. The third kappa shape index (κ3) is 5.53. The second-order valence-corrected chi connectivity index (χ2v) is 9.18. The lowest BCUT2D eigenvalue weighted by molar-refractivity contribution is -0.0169. The van der Waals surface area contributed by atoms with Crippen LogP contribution >= 0.6 is 67.8 Å². The van der Waals surface area contributed by atoms with Crippen LogP contribution in [0.1, 0.15) is 16.8 Å².